The number of aliphatic hydroxyl groups is 1. The highest BCUT2D eigenvalue weighted by molar-refractivity contribution is 5.39. The Morgan fingerprint density at radius 2 is 2.05 bits per heavy atom. The Hall–Kier alpha value is -1.06. The highest BCUT2D eigenvalue weighted by Gasteiger charge is 2.17. The molecule has 0 heterocycles. The number of unbranched alkanes of at least 4 members (excludes halogenated alkanes) is 3. The molecule has 1 aliphatic carbocycles. The molecule has 1 aliphatic rings. The average molecular weight is 263 g/mol. The zero-order chi connectivity index (χ0) is 13.5. The van der Waals surface area contributed by atoms with Gasteiger partial charge in [0.25, 0.3) is 0 Å². The third-order valence-corrected chi connectivity index (χ3v) is 3.80. The first-order chi connectivity index (χ1) is 9.31. The summed E-state index contributed by atoms with van der Waals surface area (Å²) in [6, 6.07) is 6.52. The van der Waals surface area contributed by atoms with Gasteiger partial charge in [0.2, 0.25) is 0 Å². The van der Waals surface area contributed by atoms with Crippen molar-refractivity contribution in [2.24, 2.45) is 5.73 Å². The van der Waals surface area contributed by atoms with Gasteiger partial charge in [0.15, 0.2) is 0 Å². The molecule has 2 rings (SSSR count). The first-order valence-corrected chi connectivity index (χ1v) is 7.43. The number of benzene rings is 1. The number of rotatable bonds is 7. The van der Waals surface area contributed by atoms with Crippen LogP contribution in [0.4, 0.5) is 0 Å². The average Bonchev–Trinajstić information content (AvgIpc) is 2.43. The molecule has 1 aromatic carbocycles. The molecular formula is C16H25NO2. The minimum atomic E-state index is 0.178. The van der Waals surface area contributed by atoms with E-state index in [9.17, 15) is 0 Å². The lowest BCUT2D eigenvalue weighted by Crippen LogP contribution is -2.17. The van der Waals surface area contributed by atoms with E-state index < -0.39 is 0 Å². The van der Waals surface area contributed by atoms with Crippen LogP contribution in [0.25, 0.3) is 0 Å². The Kier molecular flexibility index (Phi) is 5.67. The second-order valence-corrected chi connectivity index (χ2v) is 5.35. The predicted molar refractivity (Wildman–Crippen MR) is 77.4 cm³/mol. The first-order valence-electron chi connectivity index (χ1n) is 7.43. The molecule has 1 aromatic rings. The van der Waals surface area contributed by atoms with Crippen molar-refractivity contribution in [1.29, 1.82) is 0 Å². The third kappa shape index (κ3) is 4.22. The molecule has 0 aliphatic heterocycles. The maximum absolute atomic E-state index is 8.70. The van der Waals surface area contributed by atoms with E-state index >= 15 is 0 Å². The lowest BCUT2D eigenvalue weighted by atomic mass is 9.88. The van der Waals surface area contributed by atoms with E-state index in [1.54, 1.807) is 0 Å². The molecule has 0 unspecified atom stereocenters. The van der Waals surface area contributed by atoms with Crippen LogP contribution in [0.1, 0.15) is 55.7 Å². The molecule has 1 atom stereocenters. The van der Waals surface area contributed by atoms with E-state index in [1.165, 1.54) is 17.5 Å². The molecule has 3 N–H and O–H groups in total. The molecule has 0 aromatic heterocycles. The van der Waals surface area contributed by atoms with Crippen molar-refractivity contribution in [2.75, 3.05) is 13.2 Å². The smallest absolute Gasteiger partial charge is 0.119 e. The highest BCUT2D eigenvalue weighted by Crippen LogP contribution is 2.30. The van der Waals surface area contributed by atoms with Gasteiger partial charge >= 0.3 is 0 Å². The summed E-state index contributed by atoms with van der Waals surface area (Å²) in [5.74, 6) is 0.943. The van der Waals surface area contributed by atoms with E-state index in [0.717, 1.165) is 50.9 Å². The number of fused-ring (bicyclic) bond motifs is 1. The van der Waals surface area contributed by atoms with Gasteiger partial charge in [-0.2, -0.15) is 0 Å². The lowest BCUT2D eigenvalue weighted by Gasteiger charge is -2.22. The second kappa shape index (κ2) is 7.51. The van der Waals surface area contributed by atoms with Crippen molar-refractivity contribution in [3.8, 4) is 5.75 Å². The summed E-state index contributed by atoms with van der Waals surface area (Å²) < 4.78 is 5.78. The monoisotopic (exact) mass is 263 g/mol. The van der Waals surface area contributed by atoms with Gasteiger partial charge in [-0.15, -0.1) is 0 Å². The van der Waals surface area contributed by atoms with Gasteiger partial charge < -0.3 is 15.6 Å². The molecule has 0 fully saturated rings. The molecule has 0 saturated heterocycles. The Labute approximate surface area is 115 Å². The van der Waals surface area contributed by atoms with Crippen molar-refractivity contribution >= 4 is 0 Å². The molecule has 3 heteroatoms. The number of aliphatic hydroxyl groups excluding tert-OH is 1. The van der Waals surface area contributed by atoms with E-state index in [1.807, 2.05) is 0 Å². The third-order valence-electron chi connectivity index (χ3n) is 3.80. The zero-order valence-electron chi connectivity index (χ0n) is 11.6. The van der Waals surface area contributed by atoms with Gasteiger partial charge in [0, 0.05) is 12.6 Å². The molecule has 0 radical (unpaired) electrons. The van der Waals surface area contributed by atoms with E-state index in [2.05, 4.69) is 18.2 Å². The molecule has 0 bridgehead atoms. The van der Waals surface area contributed by atoms with Crippen LogP contribution in [0, 0.1) is 0 Å². The topological polar surface area (TPSA) is 55.5 Å². The number of ether oxygens (including phenoxy) is 1. The number of hydrogen-bond acceptors (Lipinski definition) is 3. The zero-order valence-corrected chi connectivity index (χ0v) is 11.6. The van der Waals surface area contributed by atoms with E-state index in [0.29, 0.717) is 6.61 Å². The fourth-order valence-electron chi connectivity index (χ4n) is 2.66. The fourth-order valence-corrected chi connectivity index (χ4v) is 2.66. The molecule has 19 heavy (non-hydrogen) atoms. The summed E-state index contributed by atoms with van der Waals surface area (Å²) >= 11 is 0. The van der Waals surface area contributed by atoms with E-state index in [4.69, 9.17) is 15.6 Å². The fraction of sp³-hybridized carbons (Fsp3) is 0.625. The summed E-state index contributed by atoms with van der Waals surface area (Å²) in [5, 5.41) is 8.70. The van der Waals surface area contributed by atoms with Crippen molar-refractivity contribution in [2.45, 2.75) is 51.0 Å². The highest BCUT2D eigenvalue weighted by atomic mass is 16.5. The quantitative estimate of drug-likeness (QED) is 0.744. The van der Waals surface area contributed by atoms with Crippen molar-refractivity contribution in [1.82, 2.24) is 0 Å². The van der Waals surface area contributed by atoms with Crippen LogP contribution in [-0.4, -0.2) is 18.3 Å². The molecule has 3 nitrogen and oxygen atoms in total. The van der Waals surface area contributed by atoms with Crippen LogP contribution >= 0.6 is 0 Å². The van der Waals surface area contributed by atoms with Gasteiger partial charge in [-0.3, -0.25) is 0 Å². The van der Waals surface area contributed by atoms with Gasteiger partial charge in [-0.25, -0.2) is 0 Å². The largest absolute Gasteiger partial charge is 0.494 e. The summed E-state index contributed by atoms with van der Waals surface area (Å²) in [7, 11) is 0. The molecule has 0 amide bonds. The predicted octanol–water partition coefficient (Wildman–Crippen LogP) is 2.95. The van der Waals surface area contributed by atoms with Gasteiger partial charge in [-0.05, 0) is 61.8 Å². The summed E-state index contributed by atoms with van der Waals surface area (Å²) in [6.07, 6.45) is 7.55. The van der Waals surface area contributed by atoms with Crippen LogP contribution in [0.15, 0.2) is 18.2 Å². The first kappa shape index (κ1) is 14.4. The van der Waals surface area contributed by atoms with Gasteiger partial charge in [-0.1, -0.05) is 12.5 Å². The van der Waals surface area contributed by atoms with Crippen LogP contribution in [0.3, 0.4) is 0 Å². The summed E-state index contributed by atoms with van der Waals surface area (Å²) in [5.41, 5.74) is 8.80. The second-order valence-electron chi connectivity index (χ2n) is 5.35. The van der Waals surface area contributed by atoms with Crippen LogP contribution < -0.4 is 10.5 Å². The Morgan fingerprint density at radius 3 is 2.89 bits per heavy atom. The SMILES string of the molecule is N[C@@H]1CCCc2ccc(OCCCCCCO)cc21. The standard InChI is InChI=1S/C16H25NO2/c17-16-7-5-6-13-8-9-14(12-15(13)16)19-11-4-2-1-3-10-18/h8-9,12,16,18H,1-7,10-11,17H2/t16-/m1/s1. The molecule has 0 spiro atoms. The summed E-state index contributed by atoms with van der Waals surface area (Å²) in [6.45, 7) is 1.04. The van der Waals surface area contributed by atoms with Crippen LogP contribution in [-0.2, 0) is 6.42 Å². The van der Waals surface area contributed by atoms with Gasteiger partial charge in [0.1, 0.15) is 5.75 Å². The Morgan fingerprint density at radius 1 is 1.21 bits per heavy atom. The van der Waals surface area contributed by atoms with Crippen LogP contribution in [0.2, 0.25) is 0 Å². The number of nitrogens with two attached hydrogens (primary N) is 1. The molecule has 106 valence electrons. The van der Waals surface area contributed by atoms with Crippen molar-refractivity contribution < 1.29 is 9.84 Å². The molecule has 0 saturated carbocycles. The number of hydrogen-bond donors (Lipinski definition) is 2. The summed E-state index contributed by atoms with van der Waals surface area (Å²) in [4.78, 5) is 0. The van der Waals surface area contributed by atoms with Crippen molar-refractivity contribution in [3.05, 3.63) is 29.3 Å². The normalized spacial score (nSPS) is 18.1. The maximum Gasteiger partial charge on any atom is 0.119 e. The van der Waals surface area contributed by atoms with Crippen LogP contribution in [0.5, 0.6) is 5.75 Å². The minimum absolute atomic E-state index is 0.178. The minimum Gasteiger partial charge on any atom is -0.494 e. The number of aryl methyl sites for hydroxylation is 1. The van der Waals surface area contributed by atoms with Crippen molar-refractivity contribution in [3.63, 3.8) is 0 Å². The Bertz CT molecular complexity index is 392. The Balaban J connectivity index is 1.79. The van der Waals surface area contributed by atoms with E-state index in [-0.39, 0.29) is 6.04 Å². The molecular weight excluding hydrogens is 238 g/mol. The van der Waals surface area contributed by atoms with Gasteiger partial charge in [0.05, 0.1) is 6.61 Å². The maximum atomic E-state index is 8.70. The lowest BCUT2D eigenvalue weighted by molar-refractivity contribution is 0.273.